The lowest BCUT2D eigenvalue weighted by atomic mass is 9.90. The minimum Gasteiger partial charge on any atom is -0.494 e. The number of nitrogens with zero attached hydrogens (tertiary/aromatic N) is 2. The van der Waals surface area contributed by atoms with Crippen molar-refractivity contribution in [3.63, 3.8) is 0 Å². The number of amides is 2. The lowest BCUT2D eigenvalue weighted by Crippen LogP contribution is -2.49. The van der Waals surface area contributed by atoms with Crippen LogP contribution in [0.1, 0.15) is 54.3 Å². The van der Waals surface area contributed by atoms with Gasteiger partial charge in [-0.1, -0.05) is 18.2 Å². The number of hydrogen-bond acceptors (Lipinski definition) is 4. The molecule has 1 atom stereocenters. The maximum absolute atomic E-state index is 13.2. The van der Waals surface area contributed by atoms with Crippen molar-refractivity contribution in [3.8, 4) is 5.75 Å². The van der Waals surface area contributed by atoms with Gasteiger partial charge in [-0.15, -0.1) is 11.3 Å². The first-order valence-electron chi connectivity index (χ1n) is 11.5. The Hall–Kier alpha value is -2.34. The molecule has 2 aliphatic heterocycles. The average molecular weight is 441 g/mol. The van der Waals surface area contributed by atoms with Gasteiger partial charge in [0.15, 0.2) is 0 Å². The molecule has 2 aliphatic rings. The Morgan fingerprint density at radius 2 is 1.84 bits per heavy atom. The largest absolute Gasteiger partial charge is 0.494 e. The van der Waals surface area contributed by atoms with E-state index in [1.54, 1.807) is 4.90 Å². The minimum absolute atomic E-state index is 0.0103. The molecule has 0 radical (unpaired) electrons. The number of hydrogen-bond donors (Lipinski definition) is 0. The van der Waals surface area contributed by atoms with E-state index in [9.17, 15) is 9.59 Å². The average Bonchev–Trinajstić information content (AvgIpc) is 3.51. The Labute approximate surface area is 189 Å². The smallest absolute Gasteiger partial charge is 0.264 e. The fraction of sp³-hybridized carbons (Fsp3) is 0.520. The first kappa shape index (κ1) is 21.9. The van der Waals surface area contributed by atoms with Gasteiger partial charge in [0.1, 0.15) is 11.8 Å². The van der Waals surface area contributed by atoms with Crippen molar-refractivity contribution < 1.29 is 14.3 Å². The SMILES string of the molecule is CCOc1ccc(CCC2CCN(C(=O)C3CCCN3C(=O)c3cccs3)CC2)cc1. The summed E-state index contributed by atoms with van der Waals surface area (Å²) in [4.78, 5) is 30.5. The van der Waals surface area contributed by atoms with Crippen molar-refractivity contribution in [1.82, 2.24) is 9.80 Å². The highest BCUT2D eigenvalue weighted by Gasteiger charge is 2.38. The molecule has 0 aliphatic carbocycles. The quantitative estimate of drug-likeness (QED) is 0.631. The summed E-state index contributed by atoms with van der Waals surface area (Å²) in [5.74, 6) is 1.74. The van der Waals surface area contributed by atoms with Crippen molar-refractivity contribution in [2.75, 3.05) is 26.2 Å². The first-order valence-corrected chi connectivity index (χ1v) is 12.4. The third kappa shape index (κ3) is 5.29. The molecular formula is C25H32N2O3S. The molecule has 31 heavy (non-hydrogen) atoms. The molecule has 4 rings (SSSR count). The fourth-order valence-electron chi connectivity index (χ4n) is 4.75. The molecule has 1 aromatic carbocycles. The van der Waals surface area contributed by atoms with E-state index in [2.05, 4.69) is 12.1 Å². The van der Waals surface area contributed by atoms with Crippen LogP contribution in [0.25, 0.3) is 0 Å². The van der Waals surface area contributed by atoms with Crippen LogP contribution in [0, 0.1) is 5.92 Å². The van der Waals surface area contributed by atoms with Crippen LogP contribution < -0.4 is 4.74 Å². The summed E-state index contributed by atoms with van der Waals surface area (Å²) in [6.07, 6.45) is 6.02. The highest BCUT2D eigenvalue weighted by atomic mass is 32.1. The van der Waals surface area contributed by atoms with Crippen LogP contribution in [0.4, 0.5) is 0 Å². The van der Waals surface area contributed by atoms with Crippen LogP contribution in [0.5, 0.6) is 5.75 Å². The number of benzene rings is 1. The zero-order valence-electron chi connectivity index (χ0n) is 18.3. The summed E-state index contributed by atoms with van der Waals surface area (Å²) in [6.45, 7) is 4.99. The van der Waals surface area contributed by atoms with Crippen molar-refractivity contribution in [2.24, 2.45) is 5.92 Å². The Morgan fingerprint density at radius 1 is 1.06 bits per heavy atom. The molecule has 0 saturated carbocycles. The van der Waals surface area contributed by atoms with Crippen molar-refractivity contribution in [2.45, 2.75) is 51.5 Å². The van der Waals surface area contributed by atoms with Crippen LogP contribution in [-0.4, -0.2) is 53.9 Å². The summed E-state index contributed by atoms with van der Waals surface area (Å²) >= 11 is 1.45. The van der Waals surface area contributed by atoms with E-state index in [-0.39, 0.29) is 17.9 Å². The summed E-state index contributed by atoms with van der Waals surface area (Å²) in [5.41, 5.74) is 1.34. The number of likely N-dealkylation sites (tertiary alicyclic amines) is 2. The van der Waals surface area contributed by atoms with Crippen molar-refractivity contribution in [3.05, 3.63) is 52.2 Å². The lowest BCUT2D eigenvalue weighted by molar-refractivity contribution is -0.136. The summed E-state index contributed by atoms with van der Waals surface area (Å²) in [6, 6.07) is 11.9. The normalized spacial score (nSPS) is 19.6. The van der Waals surface area contributed by atoms with E-state index >= 15 is 0 Å². The molecule has 166 valence electrons. The van der Waals surface area contributed by atoms with Crippen LogP contribution in [0.15, 0.2) is 41.8 Å². The third-order valence-corrected chi connectivity index (χ3v) is 7.39. The molecule has 2 aromatic rings. The minimum atomic E-state index is -0.282. The van der Waals surface area contributed by atoms with E-state index in [4.69, 9.17) is 4.74 Å². The van der Waals surface area contributed by atoms with Crippen molar-refractivity contribution in [1.29, 1.82) is 0 Å². The second-order valence-corrected chi connectivity index (χ2v) is 9.47. The van der Waals surface area contributed by atoms with Crippen molar-refractivity contribution >= 4 is 23.2 Å². The second-order valence-electron chi connectivity index (χ2n) is 8.52. The zero-order valence-corrected chi connectivity index (χ0v) is 19.1. The van der Waals surface area contributed by atoms with Gasteiger partial charge >= 0.3 is 0 Å². The monoisotopic (exact) mass is 440 g/mol. The number of piperidine rings is 1. The highest BCUT2D eigenvalue weighted by Crippen LogP contribution is 2.27. The maximum Gasteiger partial charge on any atom is 0.264 e. The van der Waals surface area contributed by atoms with E-state index in [0.717, 1.165) is 62.2 Å². The first-order chi connectivity index (χ1) is 15.2. The van der Waals surface area contributed by atoms with E-state index in [1.165, 1.54) is 16.9 Å². The van der Waals surface area contributed by atoms with E-state index in [1.807, 2.05) is 41.5 Å². The molecule has 6 heteroatoms. The number of ether oxygens (including phenoxy) is 1. The number of rotatable bonds is 7. The van der Waals surface area contributed by atoms with Gasteiger partial charge in [0, 0.05) is 19.6 Å². The van der Waals surface area contributed by atoms with Crippen LogP contribution in [-0.2, 0) is 11.2 Å². The molecule has 0 bridgehead atoms. The molecule has 1 unspecified atom stereocenters. The Bertz CT molecular complexity index is 857. The maximum atomic E-state index is 13.2. The van der Waals surface area contributed by atoms with Crippen LogP contribution in [0.2, 0.25) is 0 Å². The summed E-state index contributed by atoms with van der Waals surface area (Å²) in [7, 11) is 0. The molecule has 5 nitrogen and oxygen atoms in total. The predicted molar refractivity (Wildman–Crippen MR) is 124 cm³/mol. The van der Waals surface area contributed by atoms with Gasteiger partial charge in [-0.25, -0.2) is 0 Å². The number of aryl methyl sites for hydroxylation is 1. The molecule has 0 N–H and O–H groups in total. The van der Waals surface area contributed by atoms with Gasteiger partial charge < -0.3 is 14.5 Å². The molecule has 3 heterocycles. The van der Waals surface area contributed by atoms with Gasteiger partial charge in [-0.3, -0.25) is 9.59 Å². The molecule has 2 saturated heterocycles. The van der Waals surface area contributed by atoms with E-state index < -0.39 is 0 Å². The second kappa shape index (κ2) is 10.3. The Balaban J connectivity index is 1.25. The predicted octanol–water partition coefficient (Wildman–Crippen LogP) is 4.62. The molecule has 2 amide bonds. The van der Waals surface area contributed by atoms with Gasteiger partial charge in [0.25, 0.3) is 5.91 Å². The lowest BCUT2D eigenvalue weighted by Gasteiger charge is -2.35. The topological polar surface area (TPSA) is 49.9 Å². The molecule has 2 fully saturated rings. The van der Waals surface area contributed by atoms with Crippen LogP contribution >= 0.6 is 11.3 Å². The Kier molecular flexibility index (Phi) is 7.28. The third-order valence-electron chi connectivity index (χ3n) is 6.53. The number of thiophene rings is 1. The van der Waals surface area contributed by atoms with Crippen LogP contribution in [0.3, 0.4) is 0 Å². The number of carbonyl (C=O) groups is 2. The van der Waals surface area contributed by atoms with Gasteiger partial charge in [-0.05, 0) is 80.5 Å². The zero-order chi connectivity index (χ0) is 21.6. The summed E-state index contributed by atoms with van der Waals surface area (Å²) < 4.78 is 5.51. The standard InChI is InChI=1S/C25H32N2O3S/c1-2-30-21-11-9-19(10-12-21)7-8-20-13-16-26(17-14-20)24(28)22-5-3-15-27(22)25(29)23-6-4-18-31-23/h4,6,9-12,18,20,22H,2-3,5,7-8,13-17H2,1H3. The molecular weight excluding hydrogens is 408 g/mol. The molecule has 0 spiro atoms. The fourth-order valence-corrected chi connectivity index (χ4v) is 5.43. The number of carbonyl (C=O) groups excluding carboxylic acids is 2. The summed E-state index contributed by atoms with van der Waals surface area (Å²) in [5, 5.41) is 1.91. The van der Waals surface area contributed by atoms with Gasteiger partial charge in [0.05, 0.1) is 11.5 Å². The highest BCUT2D eigenvalue weighted by molar-refractivity contribution is 7.12. The van der Waals surface area contributed by atoms with Gasteiger partial charge in [0.2, 0.25) is 5.91 Å². The van der Waals surface area contributed by atoms with Gasteiger partial charge in [-0.2, -0.15) is 0 Å². The Morgan fingerprint density at radius 3 is 2.52 bits per heavy atom. The van der Waals surface area contributed by atoms with E-state index in [0.29, 0.717) is 19.1 Å². The molecule has 1 aromatic heterocycles.